The monoisotopic (exact) mass is 397 g/mol. The molecule has 0 spiro atoms. The lowest BCUT2D eigenvalue weighted by atomic mass is 10.0. The smallest absolute Gasteiger partial charge is 0.248 e. The standard InChI is InChI=1S/C22H19N7O/c23-21-20-18(17-7-6-15(12-19(17)26-21)29-10-3-9-25-29)13-28(27-20)11-8-14-4-1-2-5-16(14)22(24)30/h1-7,9-10,12-13H,8,11H2,(H2,23,26)(H2,24,30). The Hall–Kier alpha value is -4.20. The van der Waals surface area contributed by atoms with E-state index in [0.29, 0.717) is 29.9 Å². The third-order valence-electron chi connectivity index (χ3n) is 5.18. The second-order valence-electron chi connectivity index (χ2n) is 7.07. The van der Waals surface area contributed by atoms with Gasteiger partial charge in [0, 0.05) is 41.5 Å². The molecule has 0 saturated carbocycles. The highest BCUT2D eigenvalue weighted by molar-refractivity contribution is 6.08. The van der Waals surface area contributed by atoms with Gasteiger partial charge < -0.3 is 11.5 Å². The predicted molar refractivity (Wildman–Crippen MR) is 115 cm³/mol. The lowest BCUT2D eigenvalue weighted by Crippen LogP contribution is -2.14. The number of nitrogens with two attached hydrogens (primary N) is 2. The van der Waals surface area contributed by atoms with Crippen LogP contribution >= 0.6 is 0 Å². The number of aryl methyl sites for hydroxylation is 2. The maximum atomic E-state index is 11.6. The van der Waals surface area contributed by atoms with E-state index in [1.165, 1.54) is 0 Å². The maximum absolute atomic E-state index is 11.6. The molecule has 3 heterocycles. The predicted octanol–water partition coefficient (Wildman–Crippen LogP) is 2.69. The second-order valence-corrected chi connectivity index (χ2v) is 7.07. The van der Waals surface area contributed by atoms with Crippen molar-refractivity contribution in [2.45, 2.75) is 13.0 Å². The average Bonchev–Trinajstić information content (AvgIpc) is 3.43. The summed E-state index contributed by atoms with van der Waals surface area (Å²) in [6.45, 7) is 0.589. The van der Waals surface area contributed by atoms with Gasteiger partial charge in [-0.15, -0.1) is 0 Å². The summed E-state index contributed by atoms with van der Waals surface area (Å²) in [6, 6.07) is 15.2. The molecule has 3 aromatic heterocycles. The molecule has 0 radical (unpaired) electrons. The van der Waals surface area contributed by atoms with Gasteiger partial charge in [-0.2, -0.15) is 10.2 Å². The molecule has 0 saturated heterocycles. The molecule has 0 aliphatic heterocycles. The van der Waals surface area contributed by atoms with E-state index in [2.05, 4.69) is 15.2 Å². The third kappa shape index (κ3) is 3.04. The number of nitrogens with zero attached hydrogens (tertiary/aromatic N) is 5. The molecule has 0 atom stereocenters. The summed E-state index contributed by atoms with van der Waals surface area (Å²) >= 11 is 0. The fourth-order valence-corrected chi connectivity index (χ4v) is 3.72. The van der Waals surface area contributed by atoms with Crippen LogP contribution in [0.3, 0.4) is 0 Å². The van der Waals surface area contributed by atoms with E-state index >= 15 is 0 Å². The Labute approximate surface area is 171 Å². The van der Waals surface area contributed by atoms with Gasteiger partial charge in [0.1, 0.15) is 5.52 Å². The number of amides is 1. The van der Waals surface area contributed by atoms with E-state index in [4.69, 9.17) is 11.5 Å². The number of hydrogen-bond acceptors (Lipinski definition) is 5. The summed E-state index contributed by atoms with van der Waals surface area (Å²) in [4.78, 5) is 16.2. The van der Waals surface area contributed by atoms with Gasteiger partial charge in [-0.1, -0.05) is 18.2 Å². The zero-order valence-corrected chi connectivity index (χ0v) is 16.1. The summed E-state index contributed by atoms with van der Waals surface area (Å²) < 4.78 is 3.61. The minimum Gasteiger partial charge on any atom is -0.382 e. The van der Waals surface area contributed by atoms with Crippen molar-refractivity contribution in [3.05, 3.63) is 78.2 Å². The quantitative estimate of drug-likeness (QED) is 0.473. The molecule has 0 aliphatic carbocycles. The number of aromatic nitrogens is 5. The molecule has 1 amide bonds. The van der Waals surface area contributed by atoms with Crippen molar-refractivity contribution in [3.63, 3.8) is 0 Å². The average molecular weight is 397 g/mol. The molecule has 4 N–H and O–H groups in total. The van der Waals surface area contributed by atoms with Crippen LogP contribution in [0.25, 0.3) is 27.5 Å². The van der Waals surface area contributed by atoms with Gasteiger partial charge in [-0.25, -0.2) is 9.67 Å². The van der Waals surface area contributed by atoms with Crippen molar-refractivity contribution < 1.29 is 4.79 Å². The number of benzene rings is 2. The molecular formula is C22H19N7O. The van der Waals surface area contributed by atoms with Gasteiger partial charge in [-0.05, 0) is 42.3 Å². The number of anilines is 1. The Morgan fingerprint density at radius 2 is 1.93 bits per heavy atom. The van der Waals surface area contributed by atoms with Crippen LogP contribution < -0.4 is 11.5 Å². The van der Waals surface area contributed by atoms with E-state index in [1.54, 1.807) is 16.9 Å². The molecule has 2 aromatic carbocycles. The Morgan fingerprint density at radius 1 is 1.07 bits per heavy atom. The minimum atomic E-state index is -0.427. The van der Waals surface area contributed by atoms with Crippen LogP contribution in [0, 0.1) is 0 Å². The highest BCUT2D eigenvalue weighted by Gasteiger charge is 2.13. The van der Waals surface area contributed by atoms with Crippen molar-refractivity contribution in [1.82, 2.24) is 24.5 Å². The summed E-state index contributed by atoms with van der Waals surface area (Å²) in [6.07, 6.45) is 6.21. The maximum Gasteiger partial charge on any atom is 0.248 e. The summed E-state index contributed by atoms with van der Waals surface area (Å²) in [5.74, 6) is -0.0462. The van der Waals surface area contributed by atoms with Gasteiger partial charge in [0.25, 0.3) is 0 Å². The van der Waals surface area contributed by atoms with Crippen LogP contribution in [0.1, 0.15) is 15.9 Å². The van der Waals surface area contributed by atoms with Crippen LogP contribution in [0.15, 0.2) is 67.1 Å². The van der Waals surface area contributed by atoms with Crippen molar-refractivity contribution in [1.29, 1.82) is 0 Å². The van der Waals surface area contributed by atoms with E-state index in [9.17, 15) is 4.79 Å². The highest BCUT2D eigenvalue weighted by atomic mass is 16.1. The molecule has 0 fully saturated rings. The number of primary amides is 1. The number of fused-ring (bicyclic) bond motifs is 3. The lowest BCUT2D eigenvalue weighted by Gasteiger charge is -2.06. The van der Waals surface area contributed by atoms with Crippen molar-refractivity contribution in [3.8, 4) is 5.69 Å². The fraction of sp³-hybridized carbons (Fsp3) is 0.0909. The first-order valence-electron chi connectivity index (χ1n) is 9.54. The summed E-state index contributed by atoms with van der Waals surface area (Å²) in [5, 5.41) is 10.8. The first-order valence-corrected chi connectivity index (χ1v) is 9.54. The van der Waals surface area contributed by atoms with E-state index in [0.717, 1.165) is 27.5 Å². The molecule has 148 valence electrons. The van der Waals surface area contributed by atoms with Gasteiger partial charge >= 0.3 is 0 Å². The molecule has 5 aromatic rings. The number of nitrogen functional groups attached to an aromatic ring is 1. The second kappa shape index (κ2) is 7.00. The normalized spacial score (nSPS) is 11.3. The Kier molecular flexibility index (Phi) is 4.17. The molecule has 30 heavy (non-hydrogen) atoms. The zero-order valence-electron chi connectivity index (χ0n) is 16.1. The number of carbonyl (C=O) groups excluding carboxylic acids is 1. The van der Waals surface area contributed by atoms with E-state index < -0.39 is 5.91 Å². The topological polar surface area (TPSA) is 118 Å². The molecular weight excluding hydrogens is 378 g/mol. The Morgan fingerprint density at radius 3 is 2.73 bits per heavy atom. The Bertz CT molecular complexity index is 1390. The summed E-state index contributed by atoms with van der Waals surface area (Å²) in [7, 11) is 0. The molecule has 5 rings (SSSR count). The third-order valence-corrected chi connectivity index (χ3v) is 5.18. The van der Waals surface area contributed by atoms with Gasteiger partial charge in [0.2, 0.25) is 5.91 Å². The number of hydrogen-bond donors (Lipinski definition) is 2. The first kappa shape index (κ1) is 17.9. The number of rotatable bonds is 5. The van der Waals surface area contributed by atoms with E-state index in [-0.39, 0.29) is 0 Å². The Balaban J connectivity index is 1.51. The van der Waals surface area contributed by atoms with Crippen molar-refractivity contribution >= 4 is 33.5 Å². The van der Waals surface area contributed by atoms with Gasteiger partial charge in [-0.3, -0.25) is 9.48 Å². The molecule has 8 heteroatoms. The largest absolute Gasteiger partial charge is 0.382 e. The summed E-state index contributed by atoms with van der Waals surface area (Å²) in [5.41, 5.74) is 15.5. The van der Waals surface area contributed by atoms with Crippen LogP contribution in [0.4, 0.5) is 5.82 Å². The molecule has 8 nitrogen and oxygen atoms in total. The fourth-order valence-electron chi connectivity index (χ4n) is 3.72. The minimum absolute atomic E-state index is 0.381. The zero-order chi connectivity index (χ0) is 20.7. The van der Waals surface area contributed by atoms with Crippen LogP contribution in [0.2, 0.25) is 0 Å². The number of carbonyl (C=O) groups is 1. The van der Waals surface area contributed by atoms with Gasteiger partial charge in [0.15, 0.2) is 5.82 Å². The van der Waals surface area contributed by atoms with Crippen molar-refractivity contribution in [2.24, 2.45) is 5.73 Å². The van der Waals surface area contributed by atoms with E-state index in [1.807, 2.05) is 59.5 Å². The van der Waals surface area contributed by atoms with Crippen LogP contribution in [0.5, 0.6) is 0 Å². The van der Waals surface area contributed by atoms with Gasteiger partial charge in [0.05, 0.1) is 11.2 Å². The first-order chi connectivity index (χ1) is 14.6. The van der Waals surface area contributed by atoms with Crippen molar-refractivity contribution in [2.75, 3.05) is 5.73 Å². The molecule has 0 unspecified atom stereocenters. The number of pyridine rings is 1. The highest BCUT2D eigenvalue weighted by Crippen LogP contribution is 2.28. The molecule has 0 aliphatic rings. The van der Waals surface area contributed by atoms with Crippen LogP contribution in [-0.2, 0) is 13.0 Å². The lowest BCUT2D eigenvalue weighted by molar-refractivity contribution is 0.0999. The van der Waals surface area contributed by atoms with Crippen LogP contribution in [-0.4, -0.2) is 30.5 Å². The molecule has 0 bridgehead atoms. The SMILES string of the molecule is NC(=O)c1ccccc1CCn1cc2c(n1)c(N)nc1cc(-n3cccn3)ccc12.